The van der Waals surface area contributed by atoms with Crippen molar-refractivity contribution in [1.82, 2.24) is 10.4 Å². The van der Waals surface area contributed by atoms with Gasteiger partial charge >= 0.3 is 0 Å². The highest BCUT2D eigenvalue weighted by Gasteiger charge is 1.93. The average Bonchev–Trinajstić information content (AvgIpc) is 2.20. The number of carbonyl (C=O) groups is 1. The number of hydrogen-bond donors (Lipinski definition) is 1. The molecule has 0 saturated carbocycles. The van der Waals surface area contributed by atoms with Gasteiger partial charge in [0.05, 0.1) is 7.11 Å². The maximum Gasteiger partial charge on any atom is 0.233 e. The molecule has 1 aliphatic heterocycles. The van der Waals surface area contributed by atoms with Crippen LogP contribution in [0.4, 0.5) is 0 Å². The molecule has 1 amide bonds. The first kappa shape index (κ1) is 11.4. The van der Waals surface area contributed by atoms with E-state index in [1.165, 1.54) is 46.5 Å². The van der Waals surface area contributed by atoms with E-state index in [0.717, 1.165) is 5.06 Å². The fourth-order valence-electron chi connectivity index (χ4n) is 0.845. The number of nitrogens with one attached hydrogen (secondary N) is 1. The third-order valence-electron chi connectivity index (χ3n) is 1.64. The molecule has 0 unspecified atom stereocenters. The Morgan fingerprint density at radius 3 is 2.00 bits per heavy atom. The Balaban J connectivity index is 0.000000202. The maximum absolute atomic E-state index is 9.54. The topological polar surface area (TPSA) is 41.6 Å². The van der Waals surface area contributed by atoms with Crippen molar-refractivity contribution < 1.29 is 9.63 Å². The SMILES string of the molecule is C1CCNCC1.CON(C)C=O. The molecule has 0 aromatic carbocycles. The summed E-state index contributed by atoms with van der Waals surface area (Å²) in [7, 11) is 2.95. The van der Waals surface area contributed by atoms with Crippen molar-refractivity contribution in [2.45, 2.75) is 19.3 Å². The molecule has 1 aliphatic rings. The fourth-order valence-corrected chi connectivity index (χ4v) is 0.845. The molecule has 1 fully saturated rings. The number of piperidine rings is 1. The van der Waals surface area contributed by atoms with Gasteiger partial charge in [-0.15, -0.1) is 0 Å². The molecule has 0 aromatic heterocycles. The van der Waals surface area contributed by atoms with Crippen molar-refractivity contribution >= 4 is 6.41 Å². The second-order valence-corrected chi connectivity index (χ2v) is 2.64. The van der Waals surface area contributed by atoms with Gasteiger partial charge in [-0.1, -0.05) is 6.42 Å². The minimum atomic E-state index is 0.583. The van der Waals surface area contributed by atoms with E-state index in [1.54, 1.807) is 0 Å². The summed E-state index contributed by atoms with van der Waals surface area (Å²) < 4.78 is 0. The molecule has 0 aliphatic carbocycles. The molecule has 1 rings (SSSR count). The van der Waals surface area contributed by atoms with Gasteiger partial charge in [0, 0.05) is 7.05 Å². The molecule has 1 saturated heterocycles. The summed E-state index contributed by atoms with van der Waals surface area (Å²) in [6.45, 7) is 2.50. The van der Waals surface area contributed by atoms with Crippen molar-refractivity contribution in [2.75, 3.05) is 27.2 Å². The van der Waals surface area contributed by atoms with E-state index in [1.807, 2.05) is 0 Å². The smallest absolute Gasteiger partial charge is 0.233 e. The van der Waals surface area contributed by atoms with Gasteiger partial charge in [-0.2, -0.15) is 0 Å². The lowest BCUT2D eigenvalue weighted by Crippen LogP contribution is -2.21. The Morgan fingerprint density at radius 2 is 1.92 bits per heavy atom. The van der Waals surface area contributed by atoms with Gasteiger partial charge in [0.25, 0.3) is 0 Å². The zero-order valence-electron chi connectivity index (χ0n) is 7.88. The summed E-state index contributed by atoms with van der Waals surface area (Å²) in [6.07, 6.45) is 4.80. The molecule has 72 valence electrons. The highest BCUT2D eigenvalue weighted by atomic mass is 16.7. The highest BCUT2D eigenvalue weighted by molar-refractivity contribution is 5.44. The summed E-state index contributed by atoms with van der Waals surface area (Å²) in [4.78, 5) is 13.9. The minimum absolute atomic E-state index is 0.583. The third kappa shape index (κ3) is 7.50. The van der Waals surface area contributed by atoms with Gasteiger partial charge < -0.3 is 5.32 Å². The fraction of sp³-hybridized carbons (Fsp3) is 0.875. The van der Waals surface area contributed by atoms with Crippen LogP contribution in [-0.2, 0) is 9.63 Å². The van der Waals surface area contributed by atoms with Crippen LogP contribution in [0.3, 0.4) is 0 Å². The molecule has 4 nitrogen and oxygen atoms in total. The molecule has 0 aromatic rings. The van der Waals surface area contributed by atoms with Gasteiger partial charge in [-0.3, -0.25) is 9.63 Å². The van der Waals surface area contributed by atoms with Crippen LogP contribution in [0.5, 0.6) is 0 Å². The number of rotatable bonds is 2. The van der Waals surface area contributed by atoms with Crippen LogP contribution in [0.15, 0.2) is 0 Å². The first-order valence-corrected chi connectivity index (χ1v) is 4.24. The summed E-state index contributed by atoms with van der Waals surface area (Å²) in [6, 6.07) is 0. The minimum Gasteiger partial charge on any atom is -0.317 e. The van der Waals surface area contributed by atoms with Crippen molar-refractivity contribution in [3.05, 3.63) is 0 Å². The van der Waals surface area contributed by atoms with Gasteiger partial charge in [-0.25, -0.2) is 5.06 Å². The third-order valence-corrected chi connectivity index (χ3v) is 1.64. The molecule has 4 heteroatoms. The van der Waals surface area contributed by atoms with E-state index in [4.69, 9.17) is 0 Å². The zero-order valence-corrected chi connectivity index (χ0v) is 7.88. The van der Waals surface area contributed by atoms with Gasteiger partial charge in [0.15, 0.2) is 0 Å². The molecule has 0 radical (unpaired) electrons. The number of carbonyl (C=O) groups excluding carboxylic acids is 1. The molecular weight excluding hydrogens is 156 g/mol. The summed E-state index contributed by atoms with van der Waals surface area (Å²) in [5, 5.41) is 4.35. The molecule has 0 spiro atoms. The lowest BCUT2D eigenvalue weighted by Gasteiger charge is -2.08. The van der Waals surface area contributed by atoms with Crippen LogP contribution < -0.4 is 5.32 Å². The Labute approximate surface area is 73.8 Å². The maximum atomic E-state index is 9.54. The first-order chi connectivity index (χ1) is 5.81. The Bertz CT molecular complexity index is 93.7. The Hall–Kier alpha value is -0.610. The van der Waals surface area contributed by atoms with E-state index >= 15 is 0 Å². The Morgan fingerprint density at radius 1 is 1.33 bits per heavy atom. The van der Waals surface area contributed by atoms with E-state index in [9.17, 15) is 4.79 Å². The summed E-state index contributed by atoms with van der Waals surface area (Å²) in [5.41, 5.74) is 0. The highest BCUT2D eigenvalue weighted by Crippen LogP contribution is 1.96. The van der Waals surface area contributed by atoms with E-state index < -0.39 is 0 Å². The van der Waals surface area contributed by atoms with Gasteiger partial charge in [0.2, 0.25) is 6.41 Å². The molecule has 1 N–H and O–H groups in total. The van der Waals surface area contributed by atoms with Crippen molar-refractivity contribution in [3.63, 3.8) is 0 Å². The molecule has 12 heavy (non-hydrogen) atoms. The van der Waals surface area contributed by atoms with Crippen molar-refractivity contribution in [3.8, 4) is 0 Å². The lowest BCUT2D eigenvalue weighted by molar-refractivity contribution is -0.153. The Kier molecular flexibility index (Phi) is 8.05. The zero-order chi connectivity index (χ0) is 9.23. The number of nitrogens with zero attached hydrogens (tertiary/aromatic N) is 1. The van der Waals surface area contributed by atoms with E-state index in [2.05, 4.69) is 10.2 Å². The first-order valence-electron chi connectivity index (χ1n) is 4.24. The van der Waals surface area contributed by atoms with Gasteiger partial charge in [0.1, 0.15) is 0 Å². The van der Waals surface area contributed by atoms with E-state index in [0.29, 0.717) is 6.41 Å². The van der Waals surface area contributed by atoms with Crippen LogP contribution >= 0.6 is 0 Å². The average molecular weight is 174 g/mol. The predicted octanol–water partition coefficient (Wildman–Crippen LogP) is 0.396. The number of hydrogen-bond acceptors (Lipinski definition) is 3. The second-order valence-electron chi connectivity index (χ2n) is 2.64. The van der Waals surface area contributed by atoms with Crippen LogP contribution in [-0.4, -0.2) is 38.7 Å². The van der Waals surface area contributed by atoms with Crippen LogP contribution in [0.1, 0.15) is 19.3 Å². The van der Waals surface area contributed by atoms with Crippen LogP contribution in [0.25, 0.3) is 0 Å². The lowest BCUT2D eigenvalue weighted by atomic mass is 10.2. The normalized spacial score (nSPS) is 15.8. The number of amides is 1. The molecule has 0 atom stereocenters. The van der Waals surface area contributed by atoms with Crippen LogP contribution in [0, 0.1) is 0 Å². The predicted molar refractivity (Wildman–Crippen MR) is 47.6 cm³/mol. The van der Waals surface area contributed by atoms with Crippen LogP contribution in [0.2, 0.25) is 0 Å². The second kappa shape index (κ2) is 8.49. The molecular formula is C8H18N2O2. The van der Waals surface area contributed by atoms with Crippen molar-refractivity contribution in [1.29, 1.82) is 0 Å². The quantitative estimate of drug-likeness (QED) is 0.486. The summed E-state index contributed by atoms with van der Waals surface area (Å²) >= 11 is 0. The number of hydroxylamine groups is 2. The molecule has 1 heterocycles. The van der Waals surface area contributed by atoms with Crippen molar-refractivity contribution in [2.24, 2.45) is 0 Å². The monoisotopic (exact) mass is 174 g/mol. The largest absolute Gasteiger partial charge is 0.317 e. The van der Waals surface area contributed by atoms with Gasteiger partial charge in [-0.05, 0) is 25.9 Å². The molecule has 0 bridgehead atoms. The summed E-state index contributed by atoms with van der Waals surface area (Å²) in [5.74, 6) is 0. The van der Waals surface area contributed by atoms with E-state index in [-0.39, 0.29) is 0 Å². The standard InChI is InChI=1S/C5H11N.C3H7NO2/c1-2-4-6-5-3-1;1-4(3-5)6-2/h6H,1-5H2;3H,1-2H3.